The molecular formula is C31H33NO5. The van der Waals surface area contributed by atoms with Crippen molar-refractivity contribution < 1.29 is 24.2 Å². The molecule has 0 bridgehead atoms. The van der Waals surface area contributed by atoms with Crippen molar-refractivity contribution in [2.24, 2.45) is 0 Å². The highest BCUT2D eigenvalue weighted by atomic mass is 16.5. The second kappa shape index (κ2) is 10.1. The molecule has 192 valence electrons. The molecule has 6 heteroatoms. The zero-order valence-electron chi connectivity index (χ0n) is 22.1. The monoisotopic (exact) mass is 499 g/mol. The highest BCUT2D eigenvalue weighted by Crippen LogP contribution is 2.43. The van der Waals surface area contributed by atoms with Gasteiger partial charge in [-0.2, -0.15) is 0 Å². The summed E-state index contributed by atoms with van der Waals surface area (Å²) >= 11 is 0. The molecule has 1 atom stereocenters. The fourth-order valence-electron chi connectivity index (χ4n) is 4.52. The van der Waals surface area contributed by atoms with Crippen LogP contribution in [0.1, 0.15) is 57.4 Å². The van der Waals surface area contributed by atoms with Crippen LogP contribution in [-0.4, -0.2) is 30.0 Å². The van der Waals surface area contributed by atoms with Gasteiger partial charge in [0.1, 0.15) is 17.3 Å². The van der Waals surface area contributed by atoms with Gasteiger partial charge in [-0.05, 0) is 66.8 Å². The first-order chi connectivity index (χ1) is 17.5. The van der Waals surface area contributed by atoms with E-state index in [2.05, 4.69) is 20.8 Å². The SMILES string of the molecule is COc1ccccc1/C(O)=C1\C(=O)C(=O)N(c2ccc(C(C)(C)C)cc2)C1c1ccc(OC(C)C)cc1. The summed E-state index contributed by atoms with van der Waals surface area (Å²) in [4.78, 5) is 28.4. The number of anilines is 1. The summed E-state index contributed by atoms with van der Waals surface area (Å²) in [7, 11) is 1.49. The average molecular weight is 500 g/mol. The Hall–Kier alpha value is -4.06. The highest BCUT2D eigenvalue weighted by molar-refractivity contribution is 6.51. The molecular weight excluding hydrogens is 466 g/mol. The lowest BCUT2D eigenvalue weighted by atomic mass is 9.87. The minimum absolute atomic E-state index is 0.00311. The van der Waals surface area contributed by atoms with Gasteiger partial charge in [0.05, 0.1) is 30.4 Å². The van der Waals surface area contributed by atoms with Crippen molar-refractivity contribution in [3.63, 3.8) is 0 Å². The maximum absolute atomic E-state index is 13.5. The molecule has 1 aliphatic rings. The molecule has 1 N–H and O–H groups in total. The third kappa shape index (κ3) is 5.10. The van der Waals surface area contributed by atoms with Crippen LogP contribution in [0.2, 0.25) is 0 Å². The van der Waals surface area contributed by atoms with Gasteiger partial charge in [-0.1, -0.05) is 57.2 Å². The Labute approximate surface area is 218 Å². The van der Waals surface area contributed by atoms with Gasteiger partial charge >= 0.3 is 0 Å². The Kier molecular flexibility index (Phi) is 7.12. The molecule has 3 aromatic rings. The molecule has 0 radical (unpaired) electrons. The van der Waals surface area contributed by atoms with Crippen molar-refractivity contribution >= 4 is 23.1 Å². The van der Waals surface area contributed by atoms with E-state index in [4.69, 9.17) is 9.47 Å². The molecule has 0 aromatic heterocycles. The summed E-state index contributed by atoms with van der Waals surface area (Å²) in [5.41, 5.74) is 2.63. The van der Waals surface area contributed by atoms with Gasteiger partial charge in [0.25, 0.3) is 11.7 Å². The number of aliphatic hydroxyl groups excluding tert-OH is 1. The molecule has 1 aliphatic heterocycles. The van der Waals surface area contributed by atoms with E-state index < -0.39 is 17.7 Å². The predicted molar refractivity (Wildman–Crippen MR) is 145 cm³/mol. The fraction of sp³-hybridized carbons (Fsp3) is 0.290. The van der Waals surface area contributed by atoms with E-state index in [1.807, 2.05) is 50.2 Å². The molecule has 1 heterocycles. The first-order valence-corrected chi connectivity index (χ1v) is 12.3. The number of hydrogen-bond acceptors (Lipinski definition) is 5. The molecule has 0 spiro atoms. The molecule has 4 rings (SSSR count). The largest absolute Gasteiger partial charge is 0.507 e. The van der Waals surface area contributed by atoms with Gasteiger partial charge in [-0.3, -0.25) is 14.5 Å². The molecule has 1 saturated heterocycles. The highest BCUT2D eigenvalue weighted by Gasteiger charge is 2.47. The maximum Gasteiger partial charge on any atom is 0.300 e. The number of rotatable bonds is 6. The summed E-state index contributed by atoms with van der Waals surface area (Å²) in [5.74, 6) is -0.657. The van der Waals surface area contributed by atoms with E-state index >= 15 is 0 Å². The first kappa shape index (κ1) is 26.0. The Morgan fingerprint density at radius 1 is 0.919 bits per heavy atom. The van der Waals surface area contributed by atoms with Crippen LogP contribution in [-0.2, 0) is 15.0 Å². The van der Waals surface area contributed by atoms with Crippen LogP contribution in [0.15, 0.2) is 78.4 Å². The van der Waals surface area contributed by atoms with Crippen LogP contribution in [0.3, 0.4) is 0 Å². The fourth-order valence-corrected chi connectivity index (χ4v) is 4.52. The molecule has 0 aliphatic carbocycles. The predicted octanol–water partition coefficient (Wildman–Crippen LogP) is 6.41. The van der Waals surface area contributed by atoms with E-state index in [1.54, 1.807) is 36.4 Å². The summed E-state index contributed by atoms with van der Waals surface area (Å²) in [6.45, 7) is 10.2. The molecule has 1 fully saturated rings. The lowest BCUT2D eigenvalue weighted by Crippen LogP contribution is -2.29. The molecule has 6 nitrogen and oxygen atoms in total. The molecule has 1 unspecified atom stereocenters. The number of hydrogen-bond donors (Lipinski definition) is 1. The average Bonchev–Trinajstić information content (AvgIpc) is 3.13. The minimum atomic E-state index is -0.835. The molecule has 1 amide bonds. The summed E-state index contributed by atoms with van der Waals surface area (Å²) in [5, 5.41) is 11.4. The van der Waals surface area contributed by atoms with Crippen LogP contribution in [0.5, 0.6) is 11.5 Å². The normalized spacial score (nSPS) is 17.4. The zero-order chi connectivity index (χ0) is 26.9. The van der Waals surface area contributed by atoms with Gasteiger partial charge in [0, 0.05) is 5.69 Å². The Morgan fingerprint density at radius 2 is 1.54 bits per heavy atom. The van der Waals surface area contributed by atoms with Gasteiger partial charge in [-0.15, -0.1) is 0 Å². The van der Waals surface area contributed by atoms with Crippen LogP contribution < -0.4 is 14.4 Å². The standard InChI is InChI=1S/C31H33NO5/c1-19(2)37-23-17-11-20(12-18-23)27-26(28(33)24-9-7-8-10-25(24)36-6)29(34)30(35)32(27)22-15-13-21(14-16-22)31(3,4)5/h7-19,27,33H,1-6H3/b28-26+. The van der Waals surface area contributed by atoms with Gasteiger partial charge in [0.2, 0.25) is 0 Å². The van der Waals surface area contributed by atoms with E-state index in [1.165, 1.54) is 12.0 Å². The van der Waals surface area contributed by atoms with E-state index in [9.17, 15) is 14.7 Å². The van der Waals surface area contributed by atoms with Crippen molar-refractivity contribution in [3.8, 4) is 11.5 Å². The molecule has 37 heavy (non-hydrogen) atoms. The van der Waals surface area contributed by atoms with Gasteiger partial charge in [0.15, 0.2) is 0 Å². The van der Waals surface area contributed by atoms with Crippen LogP contribution >= 0.6 is 0 Å². The smallest absolute Gasteiger partial charge is 0.300 e. The van der Waals surface area contributed by atoms with E-state index in [-0.39, 0.29) is 22.9 Å². The zero-order valence-corrected chi connectivity index (χ0v) is 22.1. The lowest BCUT2D eigenvalue weighted by Gasteiger charge is -2.27. The number of amides is 1. The van der Waals surface area contributed by atoms with Crippen molar-refractivity contribution in [3.05, 3.63) is 95.1 Å². The number of aliphatic hydroxyl groups is 1. The third-order valence-electron chi connectivity index (χ3n) is 6.39. The number of benzene rings is 3. The van der Waals surface area contributed by atoms with Crippen molar-refractivity contribution in [1.29, 1.82) is 0 Å². The van der Waals surface area contributed by atoms with Crippen LogP contribution in [0, 0.1) is 0 Å². The number of nitrogens with zero attached hydrogens (tertiary/aromatic N) is 1. The van der Waals surface area contributed by atoms with E-state index in [0.29, 0.717) is 28.3 Å². The number of ketones is 1. The number of methoxy groups -OCH3 is 1. The van der Waals surface area contributed by atoms with Crippen LogP contribution in [0.4, 0.5) is 5.69 Å². The number of ether oxygens (including phenoxy) is 2. The van der Waals surface area contributed by atoms with Crippen molar-refractivity contribution in [1.82, 2.24) is 0 Å². The minimum Gasteiger partial charge on any atom is -0.507 e. The Bertz CT molecular complexity index is 1330. The van der Waals surface area contributed by atoms with Gasteiger partial charge < -0.3 is 14.6 Å². The van der Waals surface area contributed by atoms with Crippen LogP contribution in [0.25, 0.3) is 5.76 Å². The second-order valence-electron chi connectivity index (χ2n) is 10.4. The summed E-state index contributed by atoms with van der Waals surface area (Å²) in [6, 6.07) is 20.9. The number of carbonyl (C=O) groups excluding carboxylic acids is 2. The first-order valence-electron chi connectivity index (χ1n) is 12.3. The summed E-state index contributed by atoms with van der Waals surface area (Å²) in [6.07, 6.45) is 0.00311. The van der Waals surface area contributed by atoms with Crippen molar-refractivity contribution in [2.45, 2.75) is 52.2 Å². The van der Waals surface area contributed by atoms with Gasteiger partial charge in [-0.25, -0.2) is 0 Å². The number of Topliss-reactive ketones (excluding diaryl/α,β-unsaturated/α-hetero) is 1. The Balaban J connectivity index is 1.90. The summed E-state index contributed by atoms with van der Waals surface area (Å²) < 4.78 is 11.2. The second-order valence-corrected chi connectivity index (χ2v) is 10.4. The third-order valence-corrected chi connectivity index (χ3v) is 6.39. The molecule has 3 aromatic carbocycles. The number of para-hydroxylation sites is 1. The van der Waals surface area contributed by atoms with Crippen molar-refractivity contribution in [2.75, 3.05) is 12.0 Å². The topological polar surface area (TPSA) is 76.1 Å². The number of carbonyl (C=O) groups is 2. The molecule has 0 saturated carbocycles. The van der Waals surface area contributed by atoms with E-state index in [0.717, 1.165) is 5.56 Å². The lowest BCUT2D eigenvalue weighted by molar-refractivity contribution is -0.132. The quantitative estimate of drug-likeness (QED) is 0.241. The maximum atomic E-state index is 13.5. The Morgan fingerprint density at radius 3 is 2.11 bits per heavy atom.